The molecule has 0 unspecified atom stereocenters. The van der Waals surface area contributed by atoms with Crippen molar-refractivity contribution in [2.45, 2.75) is 19.0 Å². The number of pyridine rings is 1. The lowest BCUT2D eigenvalue weighted by Crippen LogP contribution is -2.36. The molecular weight excluding hydrogens is 396 g/mol. The van der Waals surface area contributed by atoms with Crippen LogP contribution in [0.5, 0.6) is 0 Å². The second-order valence-electron chi connectivity index (χ2n) is 8.03. The number of aromatic nitrogens is 2. The first kappa shape index (κ1) is 19.1. The van der Waals surface area contributed by atoms with Crippen LogP contribution in [0, 0.1) is 11.8 Å². The summed E-state index contributed by atoms with van der Waals surface area (Å²) < 4.78 is 1.61. The molecule has 1 aromatic carbocycles. The van der Waals surface area contributed by atoms with Crippen LogP contribution in [-0.2, 0) is 11.3 Å². The van der Waals surface area contributed by atoms with Crippen LogP contribution in [0.15, 0.2) is 71.1 Å². The molecule has 2 saturated heterocycles. The molecule has 4 heterocycles. The third kappa shape index (κ3) is 3.54. The molecule has 0 radical (unpaired) electrons. The van der Waals surface area contributed by atoms with Gasteiger partial charge in [-0.1, -0.05) is 36.4 Å². The molecule has 0 aliphatic carbocycles. The monoisotopic (exact) mass is 420 g/mol. The highest BCUT2D eigenvalue weighted by Gasteiger charge is 2.49. The zero-order valence-corrected chi connectivity index (χ0v) is 17.4. The molecular formula is C23H24N4O2S. The fourth-order valence-electron chi connectivity index (χ4n) is 4.91. The lowest BCUT2D eigenvalue weighted by Gasteiger charge is -2.30. The van der Waals surface area contributed by atoms with Crippen LogP contribution in [0.2, 0.25) is 0 Å². The standard InChI is InChI=1S/C23H24N4O2S/c28-20-8-4-5-11-25(20)12-9-21(29)27-15-18-14-26(23-24-10-13-30-23)16-19(18)22(27)17-6-2-1-3-7-17/h1-8,10-11,13,18-19,22H,9,12,14-16H2/t18-,19-,22+/m0/s1. The molecule has 2 aliphatic heterocycles. The summed E-state index contributed by atoms with van der Waals surface area (Å²) in [5.41, 5.74) is 1.12. The number of hydrogen-bond donors (Lipinski definition) is 0. The minimum absolute atomic E-state index is 0.0673. The maximum Gasteiger partial charge on any atom is 0.250 e. The highest BCUT2D eigenvalue weighted by Crippen LogP contribution is 2.46. The summed E-state index contributed by atoms with van der Waals surface area (Å²) in [5, 5.41) is 3.08. The summed E-state index contributed by atoms with van der Waals surface area (Å²) in [6.07, 6.45) is 3.93. The summed E-state index contributed by atoms with van der Waals surface area (Å²) in [4.78, 5) is 34.1. The van der Waals surface area contributed by atoms with Gasteiger partial charge in [0.15, 0.2) is 5.13 Å². The molecule has 2 aromatic heterocycles. The molecule has 0 saturated carbocycles. The Morgan fingerprint density at radius 1 is 1.07 bits per heavy atom. The zero-order valence-electron chi connectivity index (χ0n) is 16.6. The van der Waals surface area contributed by atoms with Crippen molar-refractivity contribution in [1.29, 1.82) is 0 Å². The van der Waals surface area contributed by atoms with Crippen molar-refractivity contribution in [2.24, 2.45) is 11.8 Å². The van der Waals surface area contributed by atoms with Crippen LogP contribution in [-0.4, -0.2) is 40.0 Å². The van der Waals surface area contributed by atoms with Gasteiger partial charge in [-0.05, 0) is 11.6 Å². The number of benzene rings is 1. The summed E-state index contributed by atoms with van der Waals surface area (Å²) in [5.74, 6) is 0.942. The van der Waals surface area contributed by atoms with Crippen molar-refractivity contribution < 1.29 is 4.79 Å². The highest BCUT2D eigenvalue weighted by atomic mass is 32.1. The molecule has 30 heavy (non-hydrogen) atoms. The molecule has 5 rings (SSSR count). The number of likely N-dealkylation sites (tertiary alicyclic amines) is 1. The second kappa shape index (κ2) is 8.07. The van der Waals surface area contributed by atoms with Gasteiger partial charge in [-0.15, -0.1) is 11.3 Å². The van der Waals surface area contributed by atoms with Crippen molar-refractivity contribution >= 4 is 22.4 Å². The van der Waals surface area contributed by atoms with Gasteiger partial charge in [0.2, 0.25) is 5.91 Å². The van der Waals surface area contributed by atoms with E-state index in [0.29, 0.717) is 24.8 Å². The third-order valence-corrected chi connectivity index (χ3v) is 7.11. The first-order chi connectivity index (χ1) is 14.7. The first-order valence-corrected chi connectivity index (χ1v) is 11.2. The normalized spacial score (nSPS) is 23.0. The van der Waals surface area contributed by atoms with E-state index in [1.807, 2.05) is 35.8 Å². The van der Waals surface area contributed by atoms with Gasteiger partial charge in [-0.25, -0.2) is 4.98 Å². The molecule has 0 N–H and O–H groups in total. The number of thiazole rings is 1. The lowest BCUT2D eigenvalue weighted by molar-refractivity contribution is -0.132. The van der Waals surface area contributed by atoms with E-state index < -0.39 is 0 Å². The van der Waals surface area contributed by atoms with Gasteiger partial charge in [-0.3, -0.25) is 9.59 Å². The van der Waals surface area contributed by atoms with E-state index in [0.717, 1.165) is 24.8 Å². The molecule has 2 aliphatic rings. The van der Waals surface area contributed by atoms with E-state index in [1.165, 1.54) is 11.6 Å². The van der Waals surface area contributed by atoms with E-state index in [9.17, 15) is 9.59 Å². The van der Waals surface area contributed by atoms with Gasteiger partial charge in [0.1, 0.15) is 0 Å². The van der Waals surface area contributed by atoms with Gasteiger partial charge < -0.3 is 14.4 Å². The molecule has 2 fully saturated rings. The minimum atomic E-state index is -0.0673. The van der Waals surface area contributed by atoms with Crippen molar-refractivity contribution in [3.8, 4) is 0 Å². The van der Waals surface area contributed by atoms with Crippen molar-refractivity contribution in [2.75, 3.05) is 24.5 Å². The average molecular weight is 421 g/mol. The van der Waals surface area contributed by atoms with Crippen molar-refractivity contribution in [3.05, 3.63) is 82.2 Å². The zero-order chi connectivity index (χ0) is 20.5. The lowest BCUT2D eigenvalue weighted by atomic mass is 9.89. The van der Waals surface area contributed by atoms with E-state index in [4.69, 9.17) is 0 Å². The molecule has 7 heteroatoms. The molecule has 0 spiro atoms. The van der Waals surface area contributed by atoms with Gasteiger partial charge >= 0.3 is 0 Å². The molecule has 0 bridgehead atoms. The number of fused-ring (bicyclic) bond motifs is 1. The van der Waals surface area contributed by atoms with E-state index >= 15 is 0 Å². The smallest absolute Gasteiger partial charge is 0.250 e. The Hall–Kier alpha value is -2.93. The number of carbonyl (C=O) groups excluding carboxylic acids is 1. The van der Waals surface area contributed by atoms with E-state index in [-0.39, 0.29) is 17.5 Å². The second-order valence-corrected chi connectivity index (χ2v) is 8.90. The van der Waals surface area contributed by atoms with Crippen LogP contribution in [0.3, 0.4) is 0 Å². The summed E-state index contributed by atoms with van der Waals surface area (Å²) in [7, 11) is 0. The number of carbonyl (C=O) groups is 1. The third-order valence-electron chi connectivity index (χ3n) is 6.28. The van der Waals surface area contributed by atoms with Crippen LogP contribution in [0.25, 0.3) is 0 Å². The topological polar surface area (TPSA) is 58.4 Å². The summed E-state index contributed by atoms with van der Waals surface area (Å²) in [6, 6.07) is 15.5. The van der Waals surface area contributed by atoms with Crippen LogP contribution in [0.4, 0.5) is 5.13 Å². The molecule has 6 nitrogen and oxygen atoms in total. The van der Waals surface area contributed by atoms with Gasteiger partial charge in [-0.2, -0.15) is 0 Å². The molecule has 1 amide bonds. The predicted molar refractivity (Wildman–Crippen MR) is 118 cm³/mol. The minimum Gasteiger partial charge on any atom is -0.347 e. The fourth-order valence-corrected chi connectivity index (χ4v) is 5.58. The Kier molecular flexibility index (Phi) is 5.12. The fraction of sp³-hybridized carbons (Fsp3) is 0.348. The number of aryl methyl sites for hydroxylation is 1. The number of hydrogen-bond acceptors (Lipinski definition) is 5. The van der Waals surface area contributed by atoms with Gasteiger partial charge in [0.05, 0.1) is 6.04 Å². The Bertz CT molecular complexity index is 1070. The molecule has 154 valence electrons. The highest BCUT2D eigenvalue weighted by molar-refractivity contribution is 7.13. The Balaban J connectivity index is 1.36. The number of rotatable bonds is 5. The first-order valence-electron chi connectivity index (χ1n) is 10.3. The van der Waals surface area contributed by atoms with Crippen molar-refractivity contribution in [3.63, 3.8) is 0 Å². The quantitative estimate of drug-likeness (QED) is 0.637. The van der Waals surface area contributed by atoms with Crippen LogP contribution >= 0.6 is 11.3 Å². The Morgan fingerprint density at radius 2 is 1.90 bits per heavy atom. The average Bonchev–Trinajstić information content (AvgIpc) is 3.49. The SMILES string of the molecule is O=C(CCn1ccccc1=O)N1C[C@@H]2CN(c3nccs3)C[C@@H]2[C@H]1c1ccccc1. The van der Waals surface area contributed by atoms with Gasteiger partial charge in [0.25, 0.3) is 5.56 Å². The Labute approximate surface area is 179 Å². The molecule has 3 atom stereocenters. The number of amides is 1. The maximum atomic E-state index is 13.2. The van der Waals surface area contributed by atoms with Crippen molar-refractivity contribution in [1.82, 2.24) is 14.5 Å². The van der Waals surface area contributed by atoms with Crippen LogP contribution in [0.1, 0.15) is 18.0 Å². The van der Waals surface area contributed by atoms with Gasteiger partial charge in [0, 0.05) is 68.3 Å². The van der Waals surface area contributed by atoms with Crippen LogP contribution < -0.4 is 10.5 Å². The molecule has 3 aromatic rings. The largest absolute Gasteiger partial charge is 0.347 e. The summed E-state index contributed by atoms with van der Waals surface area (Å²) >= 11 is 1.67. The predicted octanol–water partition coefficient (Wildman–Crippen LogP) is 3.03. The number of nitrogens with zero attached hydrogens (tertiary/aromatic N) is 4. The number of anilines is 1. The maximum absolute atomic E-state index is 13.2. The summed E-state index contributed by atoms with van der Waals surface area (Å²) in [6.45, 7) is 3.02. The Morgan fingerprint density at radius 3 is 2.67 bits per heavy atom. The van der Waals surface area contributed by atoms with E-state index in [1.54, 1.807) is 28.2 Å². The van der Waals surface area contributed by atoms with E-state index in [2.05, 4.69) is 26.9 Å².